The molecule has 0 saturated carbocycles. The van der Waals surface area contributed by atoms with E-state index in [1.54, 1.807) is 11.8 Å². The molecule has 3 rings (SSSR count). The number of rotatable bonds is 4. The summed E-state index contributed by atoms with van der Waals surface area (Å²) in [6.07, 6.45) is 0. The first-order chi connectivity index (χ1) is 13.2. The van der Waals surface area contributed by atoms with Crippen molar-refractivity contribution in [2.45, 2.75) is 26.1 Å². The molecule has 1 fully saturated rings. The van der Waals surface area contributed by atoms with E-state index in [4.69, 9.17) is 0 Å². The van der Waals surface area contributed by atoms with E-state index in [2.05, 4.69) is 5.32 Å². The highest BCUT2D eigenvalue weighted by Crippen LogP contribution is 2.42. The topological polar surface area (TPSA) is 52.6 Å². The van der Waals surface area contributed by atoms with Crippen LogP contribution in [-0.4, -0.2) is 31.7 Å². The number of hydrogen-bond acceptors (Lipinski definition) is 4. The zero-order chi connectivity index (χ0) is 20.5. The first-order valence-electron chi connectivity index (χ1n) is 9.29. The van der Waals surface area contributed by atoms with Crippen LogP contribution in [0.3, 0.4) is 0 Å². The van der Waals surface area contributed by atoms with Crippen LogP contribution in [0.1, 0.15) is 31.7 Å². The minimum atomic E-state index is -0.464. The summed E-state index contributed by atoms with van der Waals surface area (Å²) in [7, 11) is 3.98. The summed E-state index contributed by atoms with van der Waals surface area (Å²) in [5.41, 5.74) is 3.26. The molecule has 0 unspecified atom stereocenters. The Hall–Kier alpha value is -2.47. The van der Waals surface area contributed by atoms with Crippen LogP contribution in [0.25, 0.3) is 0 Å². The second-order valence-corrected chi connectivity index (χ2v) is 9.24. The molecule has 0 radical (unpaired) electrons. The monoisotopic (exact) mass is 397 g/mol. The smallest absolute Gasteiger partial charge is 0.238 e. The van der Waals surface area contributed by atoms with Gasteiger partial charge >= 0.3 is 0 Å². The summed E-state index contributed by atoms with van der Waals surface area (Å²) in [5, 5.41) is 2.87. The Morgan fingerprint density at radius 2 is 1.82 bits per heavy atom. The highest BCUT2D eigenvalue weighted by molar-refractivity contribution is 8.00. The lowest BCUT2D eigenvalue weighted by molar-refractivity contribution is -0.123. The van der Waals surface area contributed by atoms with Crippen molar-refractivity contribution in [2.75, 3.05) is 35.0 Å². The number of thioether (sulfide) groups is 1. The maximum atomic E-state index is 12.6. The predicted molar refractivity (Wildman–Crippen MR) is 118 cm³/mol. The quantitative estimate of drug-likeness (QED) is 0.824. The highest BCUT2D eigenvalue weighted by Gasteiger charge is 2.34. The molecule has 1 aliphatic rings. The molecule has 1 atom stereocenters. The zero-order valence-corrected chi connectivity index (χ0v) is 17.8. The third-order valence-electron chi connectivity index (χ3n) is 4.62. The number of amides is 2. The maximum Gasteiger partial charge on any atom is 0.238 e. The van der Waals surface area contributed by atoms with Crippen molar-refractivity contribution in [3.05, 3.63) is 54.1 Å². The largest absolute Gasteiger partial charge is 0.378 e. The van der Waals surface area contributed by atoms with Gasteiger partial charge in [0.15, 0.2) is 0 Å². The van der Waals surface area contributed by atoms with Crippen molar-refractivity contribution in [1.29, 1.82) is 0 Å². The van der Waals surface area contributed by atoms with E-state index in [0.717, 1.165) is 22.6 Å². The Morgan fingerprint density at radius 1 is 1.14 bits per heavy atom. The molecule has 6 heteroatoms. The molecule has 148 valence electrons. The first-order valence-corrected chi connectivity index (χ1v) is 10.3. The first kappa shape index (κ1) is 20.3. The van der Waals surface area contributed by atoms with Gasteiger partial charge in [0, 0.05) is 36.6 Å². The van der Waals surface area contributed by atoms with Crippen molar-refractivity contribution in [3.63, 3.8) is 0 Å². The predicted octanol–water partition coefficient (Wildman–Crippen LogP) is 4.52. The number of carbonyl (C=O) groups is 2. The van der Waals surface area contributed by atoms with Gasteiger partial charge in [-0.2, -0.15) is 0 Å². The molecular formula is C22H27N3O2S. The minimum Gasteiger partial charge on any atom is -0.378 e. The average Bonchev–Trinajstić information content (AvgIpc) is 3.02. The molecule has 5 nitrogen and oxygen atoms in total. The molecule has 2 aromatic carbocycles. The lowest BCUT2D eigenvalue weighted by Crippen LogP contribution is -2.28. The zero-order valence-electron chi connectivity index (χ0n) is 17.0. The fraction of sp³-hybridized carbons (Fsp3) is 0.364. The van der Waals surface area contributed by atoms with Crippen LogP contribution in [0, 0.1) is 5.41 Å². The van der Waals surface area contributed by atoms with Crippen molar-refractivity contribution < 1.29 is 9.59 Å². The van der Waals surface area contributed by atoms with E-state index in [0.29, 0.717) is 5.75 Å². The summed E-state index contributed by atoms with van der Waals surface area (Å²) in [6.45, 7) is 5.66. The molecule has 0 aliphatic carbocycles. The molecule has 1 N–H and O–H groups in total. The van der Waals surface area contributed by atoms with Gasteiger partial charge in [-0.3, -0.25) is 14.5 Å². The van der Waals surface area contributed by atoms with Gasteiger partial charge in [-0.15, -0.1) is 11.8 Å². The Bertz CT molecular complexity index is 872. The Balaban J connectivity index is 1.86. The Kier molecular flexibility index (Phi) is 5.70. The van der Waals surface area contributed by atoms with Crippen molar-refractivity contribution in [1.82, 2.24) is 0 Å². The summed E-state index contributed by atoms with van der Waals surface area (Å²) >= 11 is 1.60. The van der Waals surface area contributed by atoms with Crippen molar-refractivity contribution in [2.24, 2.45) is 5.41 Å². The van der Waals surface area contributed by atoms with E-state index < -0.39 is 5.41 Å². The van der Waals surface area contributed by atoms with E-state index in [1.165, 1.54) is 0 Å². The van der Waals surface area contributed by atoms with Crippen molar-refractivity contribution >= 4 is 40.6 Å². The lowest BCUT2D eigenvalue weighted by atomic mass is 9.95. The van der Waals surface area contributed by atoms with Gasteiger partial charge in [0.25, 0.3) is 0 Å². The number of hydrogen-bond donors (Lipinski definition) is 1. The summed E-state index contributed by atoms with van der Waals surface area (Å²) in [5.74, 6) is 0.506. The Morgan fingerprint density at radius 3 is 2.43 bits per heavy atom. The van der Waals surface area contributed by atoms with E-state index in [9.17, 15) is 9.59 Å². The van der Waals surface area contributed by atoms with Gasteiger partial charge in [0.05, 0.1) is 5.75 Å². The normalized spacial score (nSPS) is 17.0. The molecule has 28 heavy (non-hydrogen) atoms. The number of nitrogens with zero attached hydrogens (tertiary/aromatic N) is 2. The molecule has 0 aromatic heterocycles. The fourth-order valence-corrected chi connectivity index (χ4v) is 4.12. The van der Waals surface area contributed by atoms with Gasteiger partial charge in [-0.25, -0.2) is 0 Å². The molecular weight excluding hydrogens is 370 g/mol. The average molecular weight is 398 g/mol. The van der Waals surface area contributed by atoms with Gasteiger partial charge in [-0.05, 0) is 42.0 Å². The van der Waals surface area contributed by atoms with Gasteiger partial charge in [0.2, 0.25) is 11.8 Å². The highest BCUT2D eigenvalue weighted by atomic mass is 32.2. The van der Waals surface area contributed by atoms with Crippen LogP contribution in [0.2, 0.25) is 0 Å². The van der Waals surface area contributed by atoms with Crippen LogP contribution < -0.4 is 15.1 Å². The fourth-order valence-electron chi connectivity index (χ4n) is 2.95. The Labute approximate surface area is 171 Å². The van der Waals surface area contributed by atoms with E-state index in [-0.39, 0.29) is 17.2 Å². The molecule has 0 spiro atoms. The number of anilines is 3. The third kappa shape index (κ3) is 4.33. The van der Waals surface area contributed by atoms with Crippen LogP contribution in [0.15, 0.2) is 48.5 Å². The molecule has 1 saturated heterocycles. The minimum absolute atomic E-state index is 0.0315. The number of carbonyl (C=O) groups excluding carboxylic acids is 2. The lowest BCUT2D eigenvalue weighted by Gasteiger charge is -2.25. The summed E-state index contributed by atoms with van der Waals surface area (Å²) in [6, 6.07) is 15.8. The van der Waals surface area contributed by atoms with Crippen LogP contribution in [-0.2, 0) is 9.59 Å². The SMILES string of the molecule is CN(C)c1ccc(N2C(=O)CS[C@H]2c2cccc(NC(=O)C(C)(C)C)c2)cc1. The van der Waals surface area contributed by atoms with Crippen LogP contribution in [0.4, 0.5) is 17.1 Å². The summed E-state index contributed by atoms with van der Waals surface area (Å²) in [4.78, 5) is 28.8. The van der Waals surface area contributed by atoms with Crippen LogP contribution in [0.5, 0.6) is 0 Å². The van der Waals surface area contributed by atoms with Gasteiger partial charge < -0.3 is 10.2 Å². The van der Waals surface area contributed by atoms with E-state index in [1.807, 2.05) is 93.2 Å². The standard InChI is InChI=1S/C22H27N3O2S/c1-22(2,3)21(27)23-16-8-6-7-15(13-16)20-25(19(26)14-28-20)18-11-9-17(10-12-18)24(4)5/h6-13,20H,14H2,1-5H3,(H,23,27)/t20-/m0/s1. The molecule has 2 aromatic rings. The second-order valence-electron chi connectivity index (χ2n) is 8.17. The van der Waals surface area contributed by atoms with Crippen LogP contribution >= 0.6 is 11.8 Å². The maximum absolute atomic E-state index is 12.6. The van der Waals surface area contributed by atoms with Crippen molar-refractivity contribution in [3.8, 4) is 0 Å². The number of nitrogens with one attached hydrogen (secondary N) is 1. The molecule has 2 amide bonds. The van der Waals surface area contributed by atoms with Gasteiger partial charge in [-0.1, -0.05) is 32.9 Å². The summed E-state index contributed by atoms with van der Waals surface area (Å²) < 4.78 is 0. The molecule has 1 aliphatic heterocycles. The molecule has 0 bridgehead atoms. The third-order valence-corrected chi connectivity index (χ3v) is 5.84. The number of benzene rings is 2. The van der Waals surface area contributed by atoms with Gasteiger partial charge in [0.1, 0.15) is 5.37 Å². The second kappa shape index (κ2) is 7.87. The van der Waals surface area contributed by atoms with E-state index >= 15 is 0 Å². The molecule has 1 heterocycles.